The molecule has 0 saturated heterocycles. The second-order valence-electron chi connectivity index (χ2n) is 14.6. The van der Waals surface area contributed by atoms with Gasteiger partial charge in [-0.15, -0.1) is 0 Å². The average Bonchev–Trinajstić information content (AvgIpc) is 3.38. The molecule has 5 saturated carbocycles. The summed E-state index contributed by atoms with van der Waals surface area (Å²) in [5.41, 5.74) is 1.79. The SMILES string of the molecule is COC(=O)[C@H](C)CCC[C@@H](C)[C@H]1CC[C@@]2(C)[C@@H]3CC[C@@H]4C(C)(C)C(=O)CC[C@@]45C[C@@]35CC[C@]12C. The Hall–Kier alpha value is -0.860. The van der Waals surface area contributed by atoms with Crippen molar-refractivity contribution in [3.8, 4) is 0 Å². The summed E-state index contributed by atoms with van der Waals surface area (Å²) >= 11 is 0. The van der Waals surface area contributed by atoms with Gasteiger partial charge in [0.1, 0.15) is 5.78 Å². The first-order chi connectivity index (χ1) is 15.9. The minimum absolute atomic E-state index is 0.0176. The standard InChI is InChI=1S/C31H50O3/c1-20(9-8-10-21(2)26(33)34-7)22-13-15-29(6)24-12-11-23-27(3,4)25(32)14-16-30(23)19-31(24,30)18-17-28(22,29)5/h20-24H,8-19H2,1-7H3/t20-,21-,22-,23-,24+,28-,29+,30-,31+/m1/s1. The molecular formula is C31H50O3. The van der Waals surface area contributed by atoms with E-state index in [2.05, 4.69) is 34.6 Å². The van der Waals surface area contributed by atoms with Gasteiger partial charge in [0, 0.05) is 11.8 Å². The molecule has 34 heavy (non-hydrogen) atoms. The number of rotatable bonds is 6. The lowest BCUT2D eigenvalue weighted by Crippen LogP contribution is -2.57. The summed E-state index contributed by atoms with van der Waals surface area (Å²) in [5.74, 6) is 3.50. The summed E-state index contributed by atoms with van der Waals surface area (Å²) < 4.78 is 4.93. The van der Waals surface area contributed by atoms with Crippen LogP contribution in [0.2, 0.25) is 0 Å². The molecule has 0 radical (unpaired) electrons. The maximum Gasteiger partial charge on any atom is 0.308 e. The van der Waals surface area contributed by atoms with Gasteiger partial charge < -0.3 is 4.74 Å². The molecule has 0 aromatic heterocycles. The van der Waals surface area contributed by atoms with Crippen molar-refractivity contribution in [2.45, 2.75) is 119 Å². The highest BCUT2D eigenvalue weighted by atomic mass is 16.5. The molecule has 0 N–H and O–H groups in total. The Morgan fingerprint density at radius 3 is 2.29 bits per heavy atom. The number of fused-ring (bicyclic) bond motifs is 2. The topological polar surface area (TPSA) is 43.4 Å². The zero-order valence-corrected chi connectivity index (χ0v) is 23.1. The molecule has 0 aliphatic heterocycles. The third kappa shape index (κ3) is 3.00. The molecule has 0 aromatic carbocycles. The number of carbonyl (C=O) groups excluding carboxylic acids is 2. The first kappa shape index (κ1) is 24.8. The summed E-state index contributed by atoms with van der Waals surface area (Å²) in [4.78, 5) is 24.7. The second kappa shape index (κ2) is 7.82. The molecule has 192 valence electrons. The summed E-state index contributed by atoms with van der Waals surface area (Å²) in [6, 6.07) is 0. The van der Waals surface area contributed by atoms with Gasteiger partial charge in [-0.1, -0.05) is 54.4 Å². The molecule has 5 aliphatic carbocycles. The number of methoxy groups -OCH3 is 1. The quantitative estimate of drug-likeness (QED) is 0.375. The third-order valence-electron chi connectivity index (χ3n) is 13.5. The Kier molecular flexibility index (Phi) is 5.71. The van der Waals surface area contributed by atoms with Crippen molar-refractivity contribution in [3.05, 3.63) is 0 Å². The second-order valence-corrected chi connectivity index (χ2v) is 14.6. The number of Topliss-reactive ketones (excluding diaryl/α,β-unsaturated/α-hetero) is 1. The van der Waals surface area contributed by atoms with Crippen LogP contribution in [0.25, 0.3) is 0 Å². The molecule has 9 atom stereocenters. The van der Waals surface area contributed by atoms with Crippen LogP contribution in [0, 0.1) is 56.7 Å². The van der Waals surface area contributed by atoms with Crippen molar-refractivity contribution < 1.29 is 14.3 Å². The Morgan fingerprint density at radius 1 is 0.912 bits per heavy atom. The van der Waals surface area contributed by atoms with Crippen molar-refractivity contribution >= 4 is 11.8 Å². The maximum absolute atomic E-state index is 12.9. The average molecular weight is 471 g/mol. The van der Waals surface area contributed by atoms with Crippen molar-refractivity contribution in [1.29, 1.82) is 0 Å². The van der Waals surface area contributed by atoms with E-state index in [1.54, 1.807) is 0 Å². The summed E-state index contributed by atoms with van der Waals surface area (Å²) in [7, 11) is 1.50. The zero-order chi connectivity index (χ0) is 24.7. The lowest BCUT2D eigenvalue weighted by atomic mass is 9.42. The molecule has 0 aromatic rings. The number of esters is 1. The van der Waals surface area contributed by atoms with Crippen LogP contribution in [-0.2, 0) is 14.3 Å². The monoisotopic (exact) mass is 470 g/mol. The van der Waals surface area contributed by atoms with Crippen LogP contribution in [0.3, 0.4) is 0 Å². The van der Waals surface area contributed by atoms with Crippen LogP contribution in [0.1, 0.15) is 119 Å². The Labute approximate surface area is 208 Å². The van der Waals surface area contributed by atoms with Crippen LogP contribution in [0.15, 0.2) is 0 Å². The fourth-order valence-corrected chi connectivity index (χ4v) is 11.4. The van der Waals surface area contributed by atoms with Gasteiger partial charge in [0.25, 0.3) is 0 Å². The lowest BCUT2D eigenvalue weighted by molar-refractivity contribution is -0.157. The van der Waals surface area contributed by atoms with Crippen molar-refractivity contribution in [1.82, 2.24) is 0 Å². The molecule has 5 rings (SSSR count). The summed E-state index contributed by atoms with van der Waals surface area (Å²) in [5, 5.41) is 0. The fourth-order valence-electron chi connectivity index (χ4n) is 11.4. The van der Waals surface area contributed by atoms with Gasteiger partial charge in [-0.2, -0.15) is 0 Å². The normalized spacial score (nSPS) is 48.1. The largest absolute Gasteiger partial charge is 0.469 e. The predicted molar refractivity (Wildman–Crippen MR) is 136 cm³/mol. The molecular weight excluding hydrogens is 420 g/mol. The van der Waals surface area contributed by atoms with Crippen molar-refractivity contribution in [2.75, 3.05) is 7.11 Å². The van der Waals surface area contributed by atoms with Crippen molar-refractivity contribution in [3.63, 3.8) is 0 Å². The van der Waals surface area contributed by atoms with Gasteiger partial charge in [0.05, 0.1) is 13.0 Å². The summed E-state index contributed by atoms with van der Waals surface area (Å²) in [6.45, 7) is 14.4. The number of carbonyl (C=O) groups is 2. The molecule has 3 nitrogen and oxygen atoms in total. The van der Waals surface area contributed by atoms with E-state index in [4.69, 9.17) is 4.74 Å². The molecule has 0 bridgehead atoms. The lowest BCUT2D eigenvalue weighted by Gasteiger charge is -2.62. The van der Waals surface area contributed by atoms with Crippen LogP contribution in [0.4, 0.5) is 0 Å². The minimum atomic E-state index is -0.109. The van der Waals surface area contributed by atoms with E-state index in [1.165, 1.54) is 64.9 Å². The molecule has 0 unspecified atom stereocenters. The zero-order valence-electron chi connectivity index (χ0n) is 23.1. The predicted octanol–water partition coefficient (Wildman–Crippen LogP) is 7.61. The van der Waals surface area contributed by atoms with Crippen LogP contribution < -0.4 is 0 Å². The summed E-state index contributed by atoms with van der Waals surface area (Å²) in [6.07, 6.45) is 14.9. The van der Waals surface area contributed by atoms with Gasteiger partial charge in [-0.05, 0) is 103 Å². The molecule has 0 heterocycles. The van der Waals surface area contributed by atoms with Gasteiger partial charge in [-0.3, -0.25) is 9.59 Å². The molecule has 5 aliphatic rings. The van der Waals surface area contributed by atoms with Crippen LogP contribution in [-0.4, -0.2) is 18.9 Å². The molecule has 3 heteroatoms. The molecule has 2 spiro atoms. The highest BCUT2D eigenvalue weighted by molar-refractivity contribution is 5.86. The highest BCUT2D eigenvalue weighted by Gasteiger charge is 2.82. The van der Waals surface area contributed by atoms with E-state index >= 15 is 0 Å². The van der Waals surface area contributed by atoms with E-state index in [0.29, 0.717) is 33.4 Å². The van der Waals surface area contributed by atoms with Crippen LogP contribution >= 0.6 is 0 Å². The Bertz CT molecular complexity index is 861. The number of ketones is 1. The Morgan fingerprint density at radius 2 is 1.59 bits per heavy atom. The number of hydrogen-bond acceptors (Lipinski definition) is 3. The minimum Gasteiger partial charge on any atom is -0.469 e. The number of ether oxygens (including phenoxy) is 1. The first-order valence-electron chi connectivity index (χ1n) is 14.5. The fraction of sp³-hybridized carbons (Fsp3) is 0.935. The smallest absolute Gasteiger partial charge is 0.308 e. The van der Waals surface area contributed by atoms with E-state index in [-0.39, 0.29) is 17.3 Å². The Balaban J connectivity index is 1.32. The third-order valence-corrected chi connectivity index (χ3v) is 13.5. The van der Waals surface area contributed by atoms with E-state index < -0.39 is 0 Å². The highest BCUT2D eigenvalue weighted by Crippen LogP contribution is 2.88. The van der Waals surface area contributed by atoms with Gasteiger partial charge in [0.2, 0.25) is 0 Å². The van der Waals surface area contributed by atoms with Crippen LogP contribution in [0.5, 0.6) is 0 Å². The molecule has 0 amide bonds. The van der Waals surface area contributed by atoms with E-state index in [0.717, 1.165) is 37.0 Å². The number of hydrogen-bond donors (Lipinski definition) is 0. The first-order valence-corrected chi connectivity index (χ1v) is 14.5. The molecule has 5 fully saturated rings. The maximum atomic E-state index is 12.9. The van der Waals surface area contributed by atoms with Gasteiger partial charge >= 0.3 is 5.97 Å². The van der Waals surface area contributed by atoms with Crippen molar-refractivity contribution in [2.24, 2.45) is 56.7 Å². The van der Waals surface area contributed by atoms with Gasteiger partial charge in [-0.25, -0.2) is 0 Å². The van der Waals surface area contributed by atoms with E-state index in [1.807, 2.05) is 6.92 Å². The van der Waals surface area contributed by atoms with Gasteiger partial charge in [0.15, 0.2) is 0 Å². The van der Waals surface area contributed by atoms with E-state index in [9.17, 15) is 9.59 Å².